The van der Waals surface area contributed by atoms with Gasteiger partial charge in [0.25, 0.3) is 0 Å². The van der Waals surface area contributed by atoms with Crippen molar-refractivity contribution in [3.63, 3.8) is 0 Å². The van der Waals surface area contributed by atoms with Crippen molar-refractivity contribution in [3.05, 3.63) is 59.4 Å². The lowest BCUT2D eigenvalue weighted by Gasteiger charge is -2.33. The first kappa shape index (κ1) is 18.9. The molecule has 5 heteroatoms. The largest absolute Gasteiger partial charge is 0.496 e. The summed E-state index contributed by atoms with van der Waals surface area (Å²) in [5.41, 5.74) is 3.14. The fraction of sp³-hybridized carbons (Fsp3) is 0.435. The van der Waals surface area contributed by atoms with Gasteiger partial charge in [-0.3, -0.25) is 9.69 Å². The van der Waals surface area contributed by atoms with E-state index >= 15 is 0 Å². The third-order valence-electron chi connectivity index (χ3n) is 6.32. The predicted molar refractivity (Wildman–Crippen MR) is 108 cm³/mol. The maximum absolute atomic E-state index is 13.3. The minimum Gasteiger partial charge on any atom is -0.496 e. The number of piperidine rings is 1. The molecule has 148 valence electrons. The zero-order chi connectivity index (χ0) is 19.7. The summed E-state index contributed by atoms with van der Waals surface area (Å²) in [4.78, 5) is 15.0. The van der Waals surface area contributed by atoms with Gasteiger partial charge in [-0.15, -0.1) is 0 Å². The summed E-state index contributed by atoms with van der Waals surface area (Å²) in [6, 6.07) is 12.4. The van der Waals surface area contributed by atoms with Gasteiger partial charge < -0.3 is 10.1 Å². The molecule has 1 aliphatic heterocycles. The highest BCUT2D eigenvalue weighted by Gasteiger charge is 2.58. The van der Waals surface area contributed by atoms with Crippen LogP contribution in [0.2, 0.25) is 0 Å². The van der Waals surface area contributed by atoms with Crippen molar-refractivity contribution >= 4 is 11.6 Å². The molecule has 28 heavy (non-hydrogen) atoms. The first-order valence-corrected chi connectivity index (χ1v) is 9.91. The zero-order valence-corrected chi connectivity index (χ0v) is 16.5. The monoisotopic (exact) mass is 382 g/mol. The van der Waals surface area contributed by atoms with Gasteiger partial charge in [-0.25, -0.2) is 4.39 Å². The van der Waals surface area contributed by atoms with Gasteiger partial charge in [0.05, 0.1) is 7.11 Å². The van der Waals surface area contributed by atoms with E-state index in [1.165, 1.54) is 17.7 Å². The van der Waals surface area contributed by atoms with Crippen LogP contribution in [0.5, 0.6) is 5.75 Å². The number of methoxy groups -OCH3 is 1. The van der Waals surface area contributed by atoms with Crippen molar-refractivity contribution in [1.82, 2.24) is 4.90 Å². The number of rotatable bonds is 5. The molecule has 2 aliphatic rings. The van der Waals surface area contributed by atoms with E-state index in [1.807, 2.05) is 6.07 Å². The number of anilines is 1. The number of nitrogens with one attached hydrogen (secondary N) is 1. The third-order valence-corrected chi connectivity index (χ3v) is 6.32. The number of carbonyl (C=O) groups excluding carboxylic acids is 1. The van der Waals surface area contributed by atoms with E-state index in [2.05, 4.69) is 29.3 Å². The molecule has 1 heterocycles. The normalized spacial score (nSPS) is 20.8. The van der Waals surface area contributed by atoms with E-state index in [1.54, 1.807) is 19.2 Å². The summed E-state index contributed by atoms with van der Waals surface area (Å²) in [6.45, 7) is 5.02. The lowest BCUT2D eigenvalue weighted by atomic mass is 9.90. The molecule has 2 aromatic rings. The van der Waals surface area contributed by atoms with Crippen molar-refractivity contribution in [2.45, 2.75) is 32.7 Å². The van der Waals surface area contributed by atoms with Crippen LogP contribution >= 0.6 is 0 Å². The Balaban J connectivity index is 1.30. The molecule has 0 bridgehead atoms. The second-order valence-corrected chi connectivity index (χ2v) is 8.20. The van der Waals surface area contributed by atoms with Crippen LogP contribution in [0, 0.1) is 24.1 Å². The molecule has 2 aromatic carbocycles. The molecule has 1 spiro atoms. The second kappa shape index (κ2) is 7.55. The van der Waals surface area contributed by atoms with Gasteiger partial charge in [0.1, 0.15) is 11.6 Å². The highest BCUT2D eigenvalue weighted by molar-refractivity contribution is 5.95. The van der Waals surface area contributed by atoms with Crippen LogP contribution in [-0.2, 0) is 11.3 Å². The summed E-state index contributed by atoms with van der Waals surface area (Å²) in [5.74, 6) is 0.683. The number of carbonyl (C=O) groups is 1. The number of nitrogens with zero attached hydrogens (tertiary/aromatic N) is 1. The van der Waals surface area contributed by atoms with Crippen LogP contribution in [0.3, 0.4) is 0 Å². The highest BCUT2D eigenvalue weighted by atomic mass is 19.1. The molecule has 1 saturated carbocycles. The summed E-state index contributed by atoms with van der Waals surface area (Å²) >= 11 is 0. The molecular weight excluding hydrogens is 355 g/mol. The van der Waals surface area contributed by atoms with Gasteiger partial charge in [0, 0.05) is 18.2 Å². The predicted octanol–water partition coefficient (Wildman–Crippen LogP) is 4.38. The van der Waals surface area contributed by atoms with Gasteiger partial charge >= 0.3 is 0 Å². The molecule has 4 nitrogen and oxygen atoms in total. The third kappa shape index (κ3) is 3.90. The zero-order valence-electron chi connectivity index (χ0n) is 16.5. The molecule has 1 atom stereocenters. The molecule has 1 amide bonds. The van der Waals surface area contributed by atoms with Crippen LogP contribution in [0.25, 0.3) is 0 Å². The molecule has 1 N–H and O–H groups in total. The molecule has 0 radical (unpaired) electrons. The number of amides is 1. The fourth-order valence-electron chi connectivity index (χ4n) is 4.52. The highest BCUT2D eigenvalue weighted by Crippen LogP contribution is 2.59. The maximum atomic E-state index is 13.3. The molecular formula is C23H27FN2O2. The molecule has 1 saturated heterocycles. The minimum absolute atomic E-state index is 0.0322. The number of benzene rings is 2. The summed E-state index contributed by atoms with van der Waals surface area (Å²) < 4.78 is 18.6. The smallest absolute Gasteiger partial charge is 0.228 e. The fourth-order valence-corrected chi connectivity index (χ4v) is 4.52. The Labute approximate surface area is 165 Å². The Morgan fingerprint density at radius 3 is 2.71 bits per heavy atom. The SMILES string of the molecule is COc1ccc(CN2CCC3(CC2)C[C@H]3C(=O)Nc2cccc(F)c2)cc1C. The lowest BCUT2D eigenvalue weighted by molar-refractivity contribution is -0.118. The number of hydrogen-bond donors (Lipinski definition) is 1. The molecule has 0 aromatic heterocycles. The Morgan fingerprint density at radius 1 is 1.25 bits per heavy atom. The van der Waals surface area contributed by atoms with Crippen LogP contribution < -0.4 is 10.1 Å². The number of halogens is 1. The lowest BCUT2D eigenvalue weighted by Crippen LogP contribution is -2.35. The number of ether oxygens (including phenoxy) is 1. The van der Waals surface area contributed by atoms with Crippen molar-refractivity contribution in [2.24, 2.45) is 11.3 Å². The number of aryl methyl sites for hydroxylation is 1. The summed E-state index contributed by atoms with van der Waals surface area (Å²) in [7, 11) is 1.70. The molecule has 0 unspecified atom stereocenters. The van der Waals surface area contributed by atoms with E-state index in [0.29, 0.717) is 5.69 Å². The van der Waals surface area contributed by atoms with Crippen LogP contribution in [0.4, 0.5) is 10.1 Å². The molecule has 1 aliphatic carbocycles. The first-order chi connectivity index (χ1) is 13.5. The van der Waals surface area contributed by atoms with Crippen LogP contribution in [0.15, 0.2) is 42.5 Å². The summed E-state index contributed by atoms with van der Waals surface area (Å²) in [6.07, 6.45) is 3.04. The van der Waals surface area contributed by atoms with Gasteiger partial charge in [-0.2, -0.15) is 0 Å². The van der Waals surface area contributed by atoms with Crippen molar-refractivity contribution < 1.29 is 13.9 Å². The van der Waals surface area contributed by atoms with E-state index < -0.39 is 0 Å². The van der Waals surface area contributed by atoms with Gasteiger partial charge in [-0.05, 0) is 80.1 Å². The molecule has 2 fully saturated rings. The molecule has 4 rings (SSSR count). The van der Waals surface area contributed by atoms with Gasteiger partial charge in [-0.1, -0.05) is 18.2 Å². The maximum Gasteiger partial charge on any atom is 0.228 e. The topological polar surface area (TPSA) is 41.6 Å². The Morgan fingerprint density at radius 2 is 2.04 bits per heavy atom. The Kier molecular flexibility index (Phi) is 5.11. The summed E-state index contributed by atoms with van der Waals surface area (Å²) in [5, 5.41) is 2.88. The van der Waals surface area contributed by atoms with E-state index in [9.17, 15) is 9.18 Å². The number of likely N-dealkylation sites (tertiary alicyclic amines) is 1. The van der Waals surface area contributed by atoms with Gasteiger partial charge in [0.15, 0.2) is 0 Å². The van der Waals surface area contributed by atoms with E-state index in [4.69, 9.17) is 4.74 Å². The van der Waals surface area contributed by atoms with E-state index in [-0.39, 0.29) is 23.1 Å². The van der Waals surface area contributed by atoms with Crippen molar-refractivity contribution in [1.29, 1.82) is 0 Å². The van der Waals surface area contributed by atoms with E-state index in [0.717, 1.165) is 50.2 Å². The quantitative estimate of drug-likeness (QED) is 0.834. The average molecular weight is 382 g/mol. The standard InChI is InChI=1S/C23H27FN2O2/c1-16-12-17(6-7-21(16)28-2)15-26-10-8-23(9-11-26)14-20(23)22(27)25-19-5-3-4-18(24)13-19/h3-7,12-13,20H,8-11,14-15H2,1-2H3,(H,25,27)/t20-/m0/s1. The average Bonchev–Trinajstić information content (AvgIpc) is 3.38. The van der Waals surface area contributed by atoms with Crippen molar-refractivity contribution in [2.75, 3.05) is 25.5 Å². The van der Waals surface area contributed by atoms with Gasteiger partial charge in [0.2, 0.25) is 5.91 Å². The van der Waals surface area contributed by atoms with Crippen LogP contribution in [0.1, 0.15) is 30.4 Å². The Bertz CT molecular complexity index is 875. The number of hydrogen-bond acceptors (Lipinski definition) is 3. The van der Waals surface area contributed by atoms with Crippen molar-refractivity contribution in [3.8, 4) is 5.75 Å². The Hall–Kier alpha value is -2.40. The minimum atomic E-state index is -0.328. The first-order valence-electron chi connectivity index (χ1n) is 9.91. The van der Waals surface area contributed by atoms with Crippen LogP contribution in [-0.4, -0.2) is 31.0 Å². The second-order valence-electron chi connectivity index (χ2n) is 8.20.